The van der Waals surface area contributed by atoms with Gasteiger partial charge in [0.05, 0.1) is 29.9 Å². The molecule has 0 spiro atoms. The molecule has 35 heavy (non-hydrogen) atoms. The third-order valence-electron chi connectivity index (χ3n) is 6.88. The number of carbonyl (C=O) groups excluding carboxylic acids is 2. The average molecular weight is 501 g/mol. The molecule has 0 unspecified atom stereocenters. The minimum Gasteiger partial charge on any atom is -0.496 e. The van der Waals surface area contributed by atoms with Crippen molar-refractivity contribution in [3.63, 3.8) is 0 Å². The fourth-order valence-corrected chi connectivity index (χ4v) is 6.27. The quantitative estimate of drug-likeness (QED) is 0.556. The second-order valence-corrected chi connectivity index (χ2v) is 11.1. The molecule has 4 rings (SSSR count). The molecule has 1 saturated carbocycles. The molecule has 2 aromatic rings. The third-order valence-corrected chi connectivity index (χ3v) is 8.74. The molecule has 0 bridgehead atoms. The second-order valence-electron chi connectivity index (χ2n) is 9.20. The molecule has 9 heteroatoms. The second kappa shape index (κ2) is 9.99. The molecule has 1 atom stereocenters. The predicted molar refractivity (Wildman–Crippen MR) is 132 cm³/mol. The first kappa shape index (κ1) is 25.2. The van der Waals surface area contributed by atoms with Gasteiger partial charge in [-0.1, -0.05) is 12.1 Å². The van der Waals surface area contributed by atoms with E-state index in [2.05, 4.69) is 5.32 Å². The highest BCUT2D eigenvalue weighted by Crippen LogP contribution is 2.49. The van der Waals surface area contributed by atoms with Gasteiger partial charge in [0.15, 0.2) is 0 Å². The summed E-state index contributed by atoms with van der Waals surface area (Å²) >= 11 is 0. The van der Waals surface area contributed by atoms with Gasteiger partial charge in [-0.3, -0.25) is 9.59 Å². The molecule has 0 radical (unpaired) electrons. The molecule has 1 saturated heterocycles. The third kappa shape index (κ3) is 5.06. The summed E-state index contributed by atoms with van der Waals surface area (Å²) in [5.41, 5.74) is 1.68. The molecule has 1 heterocycles. The summed E-state index contributed by atoms with van der Waals surface area (Å²) < 4.78 is 38.3. The van der Waals surface area contributed by atoms with Gasteiger partial charge in [0.25, 0.3) is 0 Å². The smallest absolute Gasteiger partial charge is 0.316 e. The zero-order chi connectivity index (χ0) is 25.2. The van der Waals surface area contributed by atoms with Crippen LogP contribution in [0.2, 0.25) is 0 Å². The SMILES string of the molecule is CCOC(=O)C1(c2ccc(NC(=O)[C@H]3CCCN(S(=O)(=O)c4ccc(OC)c(C)c4)C3)cc2)CC1. The van der Waals surface area contributed by atoms with Gasteiger partial charge in [-0.25, -0.2) is 8.42 Å². The molecule has 1 amide bonds. The number of piperidine rings is 1. The minimum atomic E-state index is -3.72. The standard InChI is InChI=1S/C26H32N2O6S/c1-4-34-25(30)26(13-14-26)20-7-9-21(10-8-20)27-24(29)19-6-5-15-28(17-19)35(31,32)22-11-12-23(33-3)18(2)16-22/h7-12,16,19H,4-6,13-15,17H2,1-3H3,(H,27,29)/t19-/m0/s1. The van der Waals surface area contributed by atoms with E-state index in [0.717, 1.165) is 24.0 Å². The summed E-state index contributed by atoms with van der Waals surface area (Å²) in [6.45, 7) is 4.45. The number of ether oxygens (including phenoxy) is 2. The Labute approximate surface area is 206 Å². The topological polar surface area (TPSA) is 102 Å². The van der Waals surface area contributed by atoms with Crippen LogP contribution in [0.25, 0.3) is 0 Å². The Morgan fingerprint density at radius 3 is 2.46 bits per heavy atom. The van der Waals surface area contributed by atoms with Gasteiger partial charge in [-0.05, 0) is 81.0 Å². The Hall–Kier alpha value is -2.91. The number of carbonyl (C=O) groups is 2. The summed E-state index contributed by atoms with van der Waals surface area (Å²) in [7, 11) is -2.18. The monoisotopic (exact) mass is 500 g/mol. The van der Waals surface area contributed by atoms with Crippen molar-refractivity contribution in [2.75, 3.05) is 32.1 Å². The Kier molecular flexibility index (Phi) is 7.19. The van der Waals surface area contributed by atoms with Crippen LogP contribution in [0.1, 0.15) is 43.7 Å². The maximum atomic E-state index is 13.2. The highest BCUT2D eigenvalue weighted by Gasteiger charge is 2.52. The zero-order valence-corrected chi connectivity index (χ0v) is 21.2. The Balaban J connectivity index is 1.41. The van der Waals surface area contributed by atoms with E-state index in [9.17, 15) is 18.0 Å². The van der Waals surface area contributed by atoms with Gasteiger partial charge in [0.2, 0.25) is 15.9 Å². The zero-order valence-electron chi connectivity index (χ0n) is 20.4. The molecule has 1 aliphatic carbocycles. The Morgan fingerprint density at radius 2 is 1.86 bits per heavy atom. The molecular formula is C26H32N2O6S. The van der Waals surface area contributed by atoms with Gasteiger partial charge in [-0.15, -0.1) is 0 Å². The number of nitrogens with one attached hydrogen (secondary N) is 1. The number of nitrogens with zero attached hydrogens (tertiary/aromatic N) is 1. The lowest BCUT2D eigenvalue weighted by Gasteiger charge is -2.31. The first-order valence-electron chi connectivity index (χ1n) is 11.9. The van der Waals surface area contributed by atoms with Crippen molar-refractivity contribution in [1.29, 1.82) is 0 Å². The van der Waals surface area contributed by atoms with Crippen LogP contribution in [0, 0.1) is 12.8 Å². The molecular weight excluding hydrogens is 468 g/mol. The molecule has 2 aliphatic rings. The normalized spacial score (nSPS) is 19.6. The van der Waals surface area contributed by atoms with Gasteiger partial charge in [0, 0.05) is 18.8 Å². The van der Waals surface area contributed by atoms with Crippen LogP contribution in [0.4, 0.5) is 5.69 Å². The van der Waals surface area contributed by atoms with Gasteiger partial charge < -0.3 is 14.8 Å². The summed E-state index contributed by atoms with van der Waals surface area (Å²) in [6.07, 6.45) is 2.74. The lowest BCUT2D eigenvalue weighted by Crippen LogP contribution is -2.43. The van der Waals surface area contributed by atoms with Crippen molar-refractivity contribution in [2.24, 2.45) is 5.92 Å². The fourth-order valence-electron chi connectivity index (χ4n) is 4.66. The lowest BCUT2D eigenvalue weighted by atomic mass is 9.95. The van der Waals surface area contributed by atoms with Crippen molar-refractivity contribution < 1.29 is 27.5 Å². The number of amides is 1. The number of hydrogen-bond acceptors (Lipinski definition) is 6. The maximum Gasteiger partial charge on any atom is 0.316 e. The van der Waals surface area contributed by atoms with Crippen LogP contribution >= 0.6 is 0 Å². The van der Waals surface area contributed by atoms with Crippen molar-refractivity contribution >= 4 is 27.6 Å². The van der Waals surface area contributed by atoms with Crippen LogP contribution in [0.15, 0.2) is 47.4 Å². The number of esters is 1. The molecule has 2 fully saturated rings. The van der Waals surface area contributed by atoms with Crippen LogP contribution in [-0.4, -0.2) is 51.4 Å². The molecule has 1 aliphatic heterocycles. The molecule has 1 N–H and O–H groups in total. The highest BCUT2D eigenvalue weighted by molar-refractivity contribution is 7.89. The van der Waals surface area contributed by atoms with E-state index in [1.165, 1.54) is 10.4 Å². The van der Waals surface area contributed by atoms with E-state index in [4.69, 9.17) is 9.47 Å². The number of methoxy groups -OCH3 is 1. The van der Waals surface area contributed by atoms with Crippen LogP contribution in [-0.2, 0) is 29.8 Å². The molecule has 2 aromatic carbocycles. The first-order valence-corrected chi connectivity index (χ1v) is 13.4. The van der Waals surface area contributed by atoms with Gasteiger partial charge >= 0.3 is 5.97 Å². The summed E-state index contributed by atoms with van der Waals surface area (Å²) in [6, 6.07) is 12.0. The van der Waals surface area contributed by atoms with E-state index >= 15 is 0 Å². The van der Waals surface area contributed by atoms with Crippen LogP contribution < -0.4 is 10.1 Å². The van der Waals surface area contributed by atoms with E-state index in [0.29, 0.717) is 37.4 Å². The first-order chi connectivity index (χ1) is 16.7. The minimum absolute atomic E-state index is 0.128. The molecule has 8 nitrogen and oxygen atoms in total. The van der Waals surface area contributed by atoms with Crippen molar-refractivity contribution in [2.45, 2.75) is 49.8 Å². The number of rotatable bonds is 8. The number of benzene rings is 2. The maximum absolute atomic E-state index is 13.2. The Bertz CT molecular complexity index is 1200. The Morgan fingerprint density at radius 1 is 1.14 bits per heavy atom. The molecule has 188 valence electrons. The average Bonchev–Trinajstić information content (AvgIpc) is 3.67. The predicted octanol–water partition coefficient (Wildman–Crippen LogP) is 3.64. The van der Waals surface area contributed by atoms with E-state index in [-0.39, 0.29) is 23.3 Å². The van der Waals surface area contributed by atoms with Gasteiger partial charge in [-0.2, -0.15) is 4.31 Å². The van der Waals surface area contributed by atoms with Crippen molar-refractivity contribution in [1.82, 2.24) is 4.31 Å². The molecule has 0 aromatic heterocycles. The van der Waals surface area contributed by atoms with Crippen LogP contribution in [0.3, 0.4) is 0 Å². The number of hydrogen-bond donors (Lipinski definition) is 1. The largest absolute Gasteiger partial charge is 0.496 e. The summed E-state index contributed by atoms with van der Waals surface area (Å²) in [5.74, 6) is -0.241. The summed E-state index contributed by atoms with van der Waals surface area (Å²) in [5, 5.41) is 2.91. The van der Waals surface area contributed by atoms with Crippen LogP contribution in [0.5, 0.6) is 5.75 Å². The van der Waals surface area contributed by atoms with Crippen molar-refractivity contribution in [3.05, 3.63) is 53.6 Å². The summed E-state index contributed by atoms with van der Waals surface area (Å²) in [4.78, 5) is 25.5. The highest BCUT2D eigenvalue weighted by atomic mass is 32.2. The van der Waals surface area contributed by atoms with E-state index < -0.39 is 21.4 Å². The van der Waals surface area contributed by atoms with E-state index in [1.807, 2.05) is 12.1 Å². The number of anilines is 1. The fraction of sp³-hybridized carbons (Fsp3) is 0.462. The van der Waals surface area contributed by atoms with Crippen molar-refractivity contribution in [3.8, 4) is 5.75 Å². The van der Waals surface area contributed by atoms with Gasteiger partial charge in [0.1, 0.15) is 5.75 Å². The van der Waals surface area contributed by atoms with E-state index in [1.54, 1.807) is 45.2 Å². The number of aryl methyl sites for hydroxylation is 1. The lowest BCUT2D eigenvalue weighted by molar-refractivity contribution is -0.146. The number of sulfonamides is 1.